The number of nitrogens with zero attached hydrogens (tertiary/aromatic N) is 3. The van der Waals surface area contributed by atoms with Crippen LogP contribution in [0.1, 0.15) is 51.1 Å². The Kier molecular flexibility index (Phi) is 7.00. The van der Waals surface area contributed by atoms with Gasteiger partial charge in [0.2, 0.25) is 0 Å². The molecule has 1 saturated heterocycles. The van der Waals surface area contributed by atoms with Gasteiger partial charge in [0.25, 0.3) is 5.92 Å². The third-order valence-electron chi connectivity index (χ3n) is 7.00. The quantitative estimate of drug-likeness (QED) is 0.294. The fraction of sp³-hybridized carbons (Fsp3) is 0.440. The van der Waals surface area contributed by atoms with E-state index in [0.29, 0.717) is 5.69 Å². The largest absolute Gasteiger partial charge is 0.465 e. The molecular weight excluding hydrogens is 521 g/mol. The van der Waals surface area contributed by atoms with Gasteiger partial charge in [0.05, 0.1) is 28.8 Å². The number of hydrogen-bond donors (Lipinski definition) is 5. The molecule has 0 spiro atoms. The van der Waals surface area contributed by atoms with Crippen molar-refractivity contribution in [3.63, 3.8) is 0 Å². The number of thiol groups is 1. The van der Waals surface area contributed by atoms with Gasteiger partial charge in [0.1, 0.15) is 28.7 Å². The fourth-order valence-electron chi connectivity index (χ4n) is 4.88. The monoisotopic (exact) mass is 550 g/mol. The van der Waals surface area contributed by atoms with Crippen LogP contribution in [0.3, 0.4) is 0 Å². The first-order chi connectivity index (χ1) is 17.7. The van der Waals surface area contributed by atoms with Gasteiger partial charge >= 0.3 is 6.09 Å². The highest BCUT2D eigenvalue weighted by Gasteiger charge is 2.62. The van der Waals surface area contributed by atoms with Crippen molar-refractivity contribution in [2.24, 2.45) is 4.99 Å². The van der Waals surface area contributed by atoms with E-state index in [2.05, 4.69) is 42.2 Å². The second-order valence-corrected chi connectivity index (χ2v) is 13.3. The van der Waals surface area contributed by atoms with Gasteiger partial charge in [-0.3, -0.25) is 24.2 Å². The molecule has 4 rings (SSSR count). The molecule has 0 aromatic carbocycles. The van der Waals surface area contributed by atoms with Crippen LogP contribution < -0.4 is 15.4 Å². The predicted molar refractivity (Wildman–Crippen MR) is 139 cm³/mol. The summed E-state index contributed by atoms with van der Waals surface area (Å²) in [6.45, 7) is 5.38. The van der Waals surface area contributed by atoms with Crippen LogP contribution in [0.5, 0.6) is 0 Å². The van der Waals surface area contributed by atoms with Crippen LogP contribution >= 0.6 is 0 Å². The first-order valence-corrected chi connectivity index (χ1v) is 13.6. The predicted octanol–water partition coefficient (Wildman–Crippen LogP) is 3.20. The summed E-state index contributed by atoms with van der Waals surface area (Å²) in [7, 11) is -3.84. The number of aliphatic imine (C=N–C) groups is 1. The molecule has 1 fully saturated rings. The second kappa shape index (κ2) is 9.67. The van der Waals surface area contributed by atoms with Gasteiger partial charge in [-0.05, 0) is 62.1 Å². The highest BCUT2D eigenvalue weighted by molar-refractivity contribution is 8.04. The molecule has 0 bridgehead atoms. The molecule has 0 unspecified atom stereocenters. The lowest BCUT2D eigenvalue weighted by atomic mass is 9.88. The molecule has 2 aromatic rings. The van der Waals surface area contributed by atoms with Crippen LogP contribution in [0.15, 0.2) is 35.5 Å². The summed E-state index contributed by atoms with van der Waals surface area (Å²) in [6, 6.07) is 6.05. The minimum absolute atomic E-state index is 0.208. The van der Waals surface area contributed by atoms with E-state index in [1.165, 1.54) is 26.8 Å². The molecule has 204 valence electrons. The standard InChI is InChI=1S/C25H29F3N6O3S/c1-5-6-15-7-8-16(29-12-15)13-30-19-10-9-17(26)20(32-19)24(4)18-11-25(27,28)14-31-38(18,37)23(2,3)21(34-24)33-22(35)36/h7-10,12,18,38H,11,13-14H2,1-4H3,(H,30,32)(H,31,37)(H,33,34)(H,35,36)/t18-,24+/m1/s1. The van der Waals surface area contributed by atoms with Crippen molar-refractivity contribution in [3.8, 4) is 11.8 Å². The fourth-order valence-corrected chi connectivity index (χ4v) is 8.58. The van der Waals surface area contributed by atoms with Crippen molar-refractivity contribution < 1.29 is 27.3 Å². The van der Waals surface area contributed by atoms with Crippen LogP contribution in [-0.4, -0.2) is 53.7 Å². The Morgan fingerprint density at radius 1 is 1.26 bits per heavy atom. The highest BCUT2D eigenvalue weighted by Crippen LogP contribution is 2.50. The maximum absolute atomic E-state index is 15.3. The lowest BCUT2D eigenvalue weighted by Gasteiger charge is -2.57. The topological polar surface area (TPSA) is 129 Å². The van der Waals surface area contributed by atoms with Gasteiger partial charge < -0.3 is 10.4 Å². The molecule has 4 heterocycles. The molecule has 2 aliphatic heterocycles. The number of halogens is 3. The molecule has 0 radical (unpaired) electrons. The van der Waals surface area contributed by atoms with Gasteiger partial charge in [-0.25, -0.2) is 22.9 Å². The van der Waals surface area contributed by atoms with E-state index in [9.17, 15) is 22.9 Å². The van der Waals surface area contributed by atoms with Crippen molar-refractivity contribution in [2.45, 2.75) is 62.1 Å². The molecule has 2 aromatic heterocycles. The minimum atomic E-state index is -3.84. The normalized spacial score (nSPS) is 25.6. The summed E-state index contributed by atoms with van der Waals surface area (Å²) in [5.41, 5.74) is -0.803. The zero-order chi connectivity index (χ0) is 27.9. The summed E-state index contributed by atoms with van der Waals surface area (Å²) in [6.07, 6.45) is -0.697. The van der Waals surface area contributed by atoms with Crippen molar-refractivity contribution in [1.82, 2.24) is 20.0 Å². The summed E-state index contributed by atoms with van der Waals surface area (Å²) >= 11 is 0. The number of anilines is 1. The number of pyridine rings is 2. The Morgan fingerprint density at radius 3 is 2.63 bits per heavy atom. The molecule has 0 aliphatic carbocycles. The lowest BCUT2D eigenvalue weighted by Crippen LogP contribution is -2.73. The van der Waals surface area contributed by atoms with E-state index < -0.39 is 56.5 Å². The van der Waals surface area contributed by atoms with Gasteiger partial charge in [-0.2, -0.15) is 0 Å². The number of aromatic nitrogens is 2. The summed E-state index contributed by atoms with van der Waals surface area (Å²) in [5, 5.41) is 13.2. The van der Waals surface area contributed by atoms with Crippen molar-refractivity contribution in [2.75, 3.05) is 11.9 Å². The number of alkyl halides is 2. The zero-order valence-corrected chi connectivity index (χ0v) is 22.2. The van der Waals surface area contributed by atoms with Crippen LogP contribution in [0.2, 0.25) is 0 Å². The first kappa shape index (κ1) is 27.5. The smallest absolute Gasteiger partial charge is 0.410 e. The van der Waals surface area contributed by atoms with E-state index in [1.807, 2.05) is 0 Å². The van der Waals surface area contributed by atoms with Crippen molar-refractivity contribution in [3.05, 3.63) is 53.2 Å². The Balaban J connectivity index is 1.77. The first-order valence-electron chi connectivity index (χ1n) is 11.8. The van der Waals surface area contributed by atoms with E-state index in [0.717, 1.165) is 11.6 Å². The number of rotatable bonds is 4. The summed E-state index contributed by atoms with van der Waals surface area (Å²) in [4.78, 5) is 24.6. The molecule has 9 nitrogen and oxygen atoms in total. The highest BCUT2D eigenvalue weighted by atomic mass is 32.3. The average Bonchev–Trinajstić information content (AvgIpc) is 2.84. The number of nitrogens with one attached hydrogen (secondary N) is 3. The van der Waals surface area contributed by atoms with Crippen LogP contribution in [0, 0.1) is 17.7 Å². The number of hydrogen-bond acceptors (Lipinski definition) is 6. The summed E-state index contributed by atoms with van der Waals surface area (Å²) < 4.78 is 60.0. The van der Waals surface area contributed by atoms with Crippen LogP contribution in [-0.2, 0) is 22.2 Å². The lowest BCUT2D eigenvalue weighted by molar-refractivity contribution is -0.0139. The third-order valence-corrected chi connectivity index (χ3v) is 11.1. The Morgan fingerprint density at radius 2 is 2.00 bits per heavy atom. The van der Waals surface area contributed by atoms with E-state index in [4.69, 9.17) is 0 Å². The molecule has 4 N–H and O–H groups in total. The van der Waals surface area contributed by atoms with Gasteiger partial charge in [-0.1, -0.05) is 5.92 Å². The van der Waals surface area contributed by atoms with E-state index in [1.54, 1.807) is 25.3 Å². The SMILES string of the molecule is CC#Cc1ccc(CNc2ccc(F)c([C@@]3(C)N=C(NC(=O)O)C(C)(C)[SH]4(=O)NCC(F)(F)C[C@H]34)n2)nc1. The van der Waals surface area contributed by atoms with Crippen LogP contribution in [0.25, 0.3) is 0 Å². The Hall–Kier alpha value is -3.50. The van der Waals surface area contributed by atoms with Gasteiger partial charge in [-0.15, -0.1) is 5.92 Å². The maximum atomic E-state index is 15.3. The molecule has 2 aliphatic rings. The molecule has 2 atom stereocenters. The van der Waals surface area contributed by atoms with Gasteiger partial charge in [0, 0.05) is 18.2 Å². The van der Waals surface area contributed by atoms with Crippen molar-refractivity contribution in [1.29, 1.82) is 0 Å². The maximum Gasteiger partial charge on any atom is 0.410 e. The molecular formula is C25H29F3N6O3S. The number of amides is 1. The second-order valence-electron chi connectivity index (χ2n) is 9.96. The van der Waals surface area contributed by atoms with Gasteiger partial charge in [0.15, 0.2) is 0 Å². The molecule has 1 amide bonds. The molecule has 0 saturated carbocycles. The number of carbonyl (C=O) groups is 1. The zero-order valence-electron chi connectivity index (χ0n) is 21.3. The van der Waals surface area contributed by atoms with E-state index >= 15 is 4.39 Å². The van der Waals surface area contributed by atoms with E-state index in [-0.39, 0.29) is 23.9 Å². The number of fused-ring (bicyclic) bond motifs is 1. The Bertz CT molecular complexity index is 1400. The Labute approximate surface area is 219 Å². The molecule has 38 heavy (non-hydrogen) atoms. The molecule has 13 heteroatoms. The van der Waals surface area contributed by atoms with Crippen molar-refractivity contribution >= 4 is 27.9 Å². The number of carboxylic acid groups (broad SMARTS) is 1. The minimum Gasteiger partial charge on any atom is -0.465 e. The third kappa shape index (κ3) is 4.86. The average molecular weight is 551 g/mol. The van der Waals surface area contributed by atoms with Crippen LogP contribution in [0.4, 0.5) is 23.8 Å². The summed E-state index contributed by atoms with van der Waals surface area (Å²) in [5.74, 6) is 1.58. The number of amidine groups is 1.